The molecule has 4 aromatic carbocycles. The smallest absolute Gasteiger partial charge is 0.266 e. The number of ether oxygens (including phenoxy) is 4. The van der Waals surface area contributed by atoms with Crippen molar-refractivity contribution in [2.75, 3.05) is 33.2 Å². The maximum Gasteiger partial charge on any atom is 0.266 e. The number of benzene rings is 4. The fraction of sp³-hybridized carbons (Fsp3) is 0.278. The molecular weight excluding hydrogens is 634 g/mol. The molecule has 3 N–H and O–H groups in total. The lowest BCUT2D eigenvalue weighted by Crippen LogP contribution is -2.53. The second kappa shape index (κ2) is 15.8. The number of nitrogens with zero attached hydrogens (tertiary/aromatic N) is 1. The molecule has 0 saturated carbocycles. The Bertz CT molecular complexity index is 1820. The van der Waals surface area contributed by atoms with Crippen LogP contribution in [0, 0.1) is 0 Å². The molecule has 0 fully saturated rings. The Labute approximate surface area is 280 Å². The van der Waals surface area contributed by atoms with E-state index in [2.05, 4.69) is 10.9 Å². The van der Waals surface area contributed by atoms with E-state index in [-0.39, 0.29) is 36.1 Å². The molecule has 11 nitrogen and oxygen atoms in total. The number of aliphatic imine (C=N–C) groups is 1. The van der Waals surface area contributed by atoms with Gasteiger partial charge in [-0.25, -0.2) is 18.8 Å². The van der Waals surface area contributed by atoms with Crippen molar-refractivity contribution in [3.8, 4) is 17.2 Å². The first-order valence-corrected chi connectivity index (χ1v) is 17.1. The molecular formula is C36H39N3O8S. The van der Waals surface area contributed by atoms with Crippen LogP contribution in [-0.4, -0.2) is 64.1 Å². The lowest BCUT2D eigenvalue weighted by atomic mass is 9.85. The summed E-state index contributed by atoms with van der Waals surface area (Å²) >= 11 is 0. The minimum absolute atomic E-state index is 0.0201. The predicted molar refractivity (Wildman–Crippen MR) is 181 cm³/mol. The molecule has 0 spiro atoms. The van der Waals surface area contributed by atoms with Gasteiger partial charge in [0.1, 0.15) is 17.2 Å². The van der Waals surface area contributed by atoms with Gasteiger partial charge in [-0.05, 0) is 60.2 Å². The van der Waals surface area contributed by atoms with E-state index >= 15 is 0 Å². The quantitative estimate of drug-likeness (QED) is 0.116. The number of hydrogen-bond acceptors (Lipinski definition) is 10. The number of carbonyl (C=O) groups excluding carboxylic acids is 1. The van der Waals surface area contributed by atoms with Crippen LogP contribution >= 0.6 is 0 Å². The first kappa shape index (κ1) is 34.4. The van der Waals surface area contributed by atoms with E-state index in [0.29, 0.717) is 41.4 Å². The van der Waals surface area contributed by atoms with Gasteiger partial charge in [-0.1, -0.05) is 48.5 Å². The monoisotopic (exact) mass is 673 g/mol. The summed E-state index contributed by atoms with van der Waals surface area (Å²) in [5.41, 5.74) is 5.99. The Morgan fingerprint density at radius 1 is 0.917 bits per heavy atom. The van der Waals surface area contributed by atoms with Crippen molar-refractivity contribution in [2.24, 2.45) is 4.99 Å². The van der Waals surface area contributed by atoms with E-state index in [9.17, 15) is 13.2 Å². The average molecular weight is 674 g/mol. The predicted octanol–water partition coefficient (Wildman–Crippen LogP) is 4.41. The maximum atomic E-state index is 14.4. The number of nitrogens with one attached hydrogen (secondary N) is 2. The molecule has 4 aromatic rings. The summed E-state index contributed by atoms with van der Waals surface area (Å²) in [6.45, 7) is 0.603. The van der Waals surface area contributed by atoms with Crippen molar-refractivity contribution in [2.45, 2.75) is 35.9 Å². The molecule has 0 aromatic heterocycles. The molecule has 0 aliphatic carbocycles. The van der Waals surface area contributed by atoms with Crippen LogP contribution in [0.4, 0.5) is 0 Å². The van der Waals surface area contributed by atoms with E-state index in [1.54, 1.807) is 73.8 Å². The Hall–Kier alpha value is -4.91. The largest absolute Gasteiger partial charge is 0.497 e. The zero-order chi connectivity index (χ0) is 34.0. The van der Waals surface area contributed by atoms with E-state index in [4.69, 9.17) is 29.0 Å². The summed E-state index contributed by atoms with van der Waals surface area (Å²) in [7, 11) is -0.706. The highest BCUT2D eigenvalue weighted by Gasteiger charge is 2.54. The fourth-order valence-electron chi connectivity index (χ4n) is 5.39. The van der Waals surface area contributed by atoms with Crippen molar-refractivity contribution in [1.82, 2.24) is 10.9 Å². The summed E-state index contributed by atoms with van der Waals surface area (Å²) in [4.78, 5) is 19.5. The molecule has 0 unspecified atom stereocenters. The summed E-state index contributed by atoms with van der Waals surface area (Å²) in [6.07, 6.45) is -0.712. The van der Waals surface area contributed by atoms with Crippen LogP contribution in [0.15, 0.2) is 113 Å². The van der Waals surface area contributed by atoms with Gasteiger partial charge < -0.3 is 24.1 Å². The van der Waals surface area contributed by atoms with E-state index < -0.39 is 27.4 Å². The molecule has 1 heterocycles. The Morgan fingerprint density at radius 2 is 1.67 bits per heavy atom. The van der Waals surface area contributed by atoms with Crippen LogP contribution in [0.2, 0.25) is 0 Å². The topological polar surface area (TPSA) is 145 Å². The number of aliphatic hydroxyl groups excluding tert-OH is 1. The highest BCUT2D eigenvalue weighted by atomic mass is 32.2. The van der Waals surface area contributed by atoms with E-state index in [0.717, 1.165) is 5.56 Å². The van der Waals surface area contributed by atoms with Crippen LogP contribution in [0.1, 0.15) is 35.6 Å². The Kier molecular flexibility index (Phi) is 11.3. The number of hydrazine groups is 1. The van der Waals surface area contributed by atoms with E-state index in [1.165, 1.54) is 19.2 Å². The first-order chi connectivity index (χ1) is 23.3. The SMILES string of the molecule is COc1cccc([C@@H]2OC(c3ccc(OCCCO)cc3)=N[C@]2(CCS(=O)(=O)c2ccccc2)C(=O)NNCc2ccccc2OC)c1. The number of aliphatic hydroxyl groups is 1. The number of sulfone groups is 1. The molecule has 0 radical (unpaired) electrons. The van der Waals surface area contributed by atoms with Gasteiger partial charge in [0.15, 0.2) is 21.5 Å². The second-order valence-corrected chi connectivity index (χ2v) is 13.2. The first-order valence-electron chi connectivity index (χ1n) is 15.5. The third-order valence-electron chi connectivity index (χ3n) is 7.95. The number of hydrogen-bond donors (Lipinski definition) is 3. The molecule has 1 amide bonds. The molecule has 252 valence electrons. The molecule has 1 aliphatic heterocycles. The van der Waals surface area contributed by atoms with Crippen molar-refractivity contribution < 1.29 is 37.3 Å². The molecule has 48 heavy (non-hydrogen) atoms. The fourth-order valence-corrected chi connectivity index (χ4v) is 6.77. The van der Waals surface area contributed by atoms with Crippen LogP contribution in [0.3, 0.4) is 0 Å². The molecule has 0 saturated heterocycles. The van der Waals surface area contributed by atoms with Gasteiger partial charge in [-0.2, -0.15) is 0 Å². The highest BCUT2D eigenvalue weighted by Crippen LogP contribution is 2.43. The van der Waals surface area contributed by atoms with Crippen LogP contribution in [-0.2, 0) is 25.9 Å². The van der Waals surface area contributed by atoms with Gasteiger partial charge in [-0.15, -0.1) is 0 Å². The van der Waals surface area contributed by atoms with Crippen LogP contribution in [0.25, 0.3) is 0 Å². The number of rotatable bonds is 16. The maximum absolute atomic E-state index is 14.4. The van der Waals surface area contributed by atoms with Gasteiger partial charge in [0.05, 0.1) is 31.5 Å². The van der Waals surface area contributed by atoms with Gasteiger partial charge in [-0.3, -0.25) is 10.2 Å². The van der Waals surface area contributed by atoms with Crippen molar-refractivity contribution >= 4 is 21.6 Å². The van der Waals surface area contributed by atoms with Gasteiger partial charge in [0.2, 0.25) is 5.90 Å². The molecule has 5 rings (SSSR count). The lowest BCUT2D eigenvalue weighted by molar-refractivity contribution is -0.130. The van der Waals surface area contributed by atoms with Gasteiger partial charge >= 0.3 is 0 Å². The summed E-state index contributed by atoms with van der Waals surface area (Å²) in [6, 6.07) is 29.6. The number of methoxy groups -OCH3 is 2. The number of amides is 1. The average Bonchev–Trinajstić information content (AvgIpc) is 3.53. The molecule has 12 heteroatoms. The van der Waals surface area contributed by atoms with E-state index in [1.807, 2.05) is 24.3 Å². The van der Waals surface area contributed by atoms with Crippen LogP contribution in [0.5, 0.6) is 17.2 Å². The summed E-state index contributed by atoms with van der Waals surface area (Å²) in [5.74, 6) is 0.984. The highest BCUT2D eigenvalue weighted by molar-refractivity contribution is 7.91. The molecule has 0 bridgehead atoms. The lowest BCUT2D eigenvalue weighted by Gasteiger charge is -2.30. The Morgan fingerprint density at radius 3 is 2.40 bits per heavy atom. The number of carbonyl (C=O) groups is 1. The third kappa shape index (κ3) is 7.96. The van der Waals surface area contributed by atoms with Crippen molar-refractivity contribution in [1.29, 1.82) is 0 Å². The Balaban J connectivity index is 1.53. The minimum Gasteiger partial charge on any atom is -0.497 e. The molecule has 2 atom stereocenters. The third-order valence-corrected chi connectivity index (χ3v) is 9.69. The molecule has 1 aliphatic rings. The van der Waals surface area contributed by atoms with Gasteiger partial charge in [0.25, 0.3) is 5.91 Å². The standard InChI is InChI=1S/C36H39N3O8S/c1-44-30-12-8-11-27(24-30)33-36(20-23-48(42,43)31-13-4-3-5-14-31,35(41)39-37-25-28-10-6-7-15-32(28)45-2)38-34(47-33)26-16-18-29(19-17-26)46-22-9-21-40/h3-8,10-19,24,33,37,40H,9,20-23,25H2,1-2H3,(H,39,41)/t33-,36-/m0/s1. The van der Waals surface area contributed by atoms with Crippen LogP contribution < -0.4 is 25.1 Å². The minimum atomic E-state index is -3.81. The second-order valence-electron chi connectivity index (χ2n) is 11.1. The summed E-state index contributed by atoms with van der Waals surface area (Å²) in [5, 5.41) is 9.07. The van der Waals surface area contributed by atoms with Gasteiger partial charge in [0, 0.05) is 37.1 Å². The zero-order valence-corrected chi connectivity index (χ0v) is 27.6. The number of para-hydroxylation sites is 1. The summed E-state index contributed by atoms with van der Waals surface area (Å²) < 4.78 is 50.2. The van der Waals surface area contributed by atoms with Crippen molar-refractivity contribution in [3.05, 3.63) is 120 Å². The normalized spacial score (nSPS) is 17.2. The van der Waals surface area contributed by atoms with Crippen molar-refractivity contribution in [3.63, 3.8) is 0 Å². The zero-order valence-electron chi connectivity index (χ0n) is 26.8.